The molecular formula is C27H25N5O. The number of nitriles is 1. The van der Waals surface area contributed by atoms with E-state index in [0.29, 0.717) is 17.7 Å². The predicted octanol–water partition coefficient (Wildman–Crippen LogP) is 4.31. The molecule has 6 nitrogen and oxygen atoms in total. The van der Waals surface area contributed by atoms with Crippen LogP contribution in [0.2, 0.25) is 0 Å². The van der Waals surface area contributed by atoms with Gasteiger partial charge in [0.05, 0.1) is 22.7 Å². The van der Waals surface area contributed by atoms with Gasteiger partial charge in [0.15, 0.2) is 0 Å². The van der Waals surface area contributed by atoms with Crippen molar-refractivity contribution in [3.8, 4) is 23.1 Å². The number of fused-ring (bicyclic) bond motifs is 1. The van der Waals surface area contributed by atoms with Gasteiger partial charge in [0.2, 0.25) is 0 Å². The SMILES string of the molecule is Cc1ccc(-n2c(-c3ccc(C#N)cc3)nc3cc(C(=O)N4CCNC[C@H]4C)ccc32)cc1. The Labute approximate surface area is 193 Å². The molecule has 2 heterocycles. The molecule has 1 aliphatic heterocycles. The van der Waals surface area contributed by atoms with Crippen molar-refractivity contribution in [3.05, 3.63) is 83.4 Å². The van der Waals surface area contributed by atoms with E-state index in [-0.39, 0.29) is 11.9 Å². The highest BCUT2D eigenvalue weighted by Gasteiger charge is 2.25. The van der Waals surface area contributed by atoms with E-state index in [1.807, 2.05) is 35.2 Å². The molecule has 1 N–H and O–H groups in total. The Morgan fingerprint density at radius 2 is 1.85 bits per heavy atom. The molecule has 164 valence electrons. The maximum atomic E-state index is 13.2. The van der Waals surface area contributed by atoms with Crippen LogP contribution in [0.15, 0.2) is 66.7 Å². The Kier molecular flexibility index (Phi) is 5.41. The number of piperazine rings is 1. The number of aromatic nitrogens is 2. The van der Waals surface area contributed by atoms with Crippen LogP contribution in [0, 0.1) is 18.3 Å². The lowest BCUT2D eigenvalue weighted by atomic mass is 10.1. The zero-order valence-electron chi connectivity index (χ0n) is 18.7. The van der Waals surface area contributed by atoms with Crippen LogP contribution in [-0.2, 0) is 0 Å². The number of imidazole rings is 1. The topological polar surface area (TPSA) is 74.0 Å². The van der Waals surface area contributed by atoms with Gasteiger partial charge in [0, 0.05) is 42.5 Å². The summed E-state index contributed by atoms with van der Waals surface area (Å²) in [6, 6.07) is 23.8. The van der Waals surface area contributed by atoms with Gasteiger partial charge in [-0.1, -0.05) is 17.7 Å². The summed E-state index contributed by atoms with van der Waals surface area (Å²) in [5.74, 6) is 0.814. The molecule has 1 saturated heterocycles. The molecule has 1 aliphatic rings. The lowest BCUT2D eigenvalue weighted by Crippen LogP contribution is -2.52. The molecular weight excluding hydrogens is 410 g/mol. The van der Waals surface area contributed by atoms with E-state index in [9.17, 15) is 4.79 Å². The summed E-state index contributed by atoms with van der Waals surface area (Å²) in [6.45, 7) is 6.44. The number of amides is 1. The predicted molar refractivity (Wildman–Crippen MR) is 129 cm³/mol. The molecule has 1 fully saturated rings. The summed E-state index contributed by atoms with van der Waals surface area (Å²) < 4.78 is 2.11. The van der Waals surface area contributed by atoms with Gasteiger partial charge in [-0.05, 0) is 68.4 Å². The third-order valence-corrected chi connectivity index (χ3v) is 6.23. The van der Waals surface area contributed by atoms with Crippen molar-refractivity contribution in [3.63, 3.8) is 0 Å². The molecule has 33 heavy (non-hydrogen) atoms. The number of benzene rings is 3. The van der Waals surface area contributed by atoms with Crippen LogP contribution in [0.1, 0.15) is 28.4 Å². The number of carbonyl (C=O) groups is 1. The third kappa shape index (κ3) is 3.88. The maximum absolute atomic E-state index is 13.2. The molecule has 0 unspecified atom stereocenters. The first kappa shape index (κ1) is 20.9. The quantitative estimate of drug-likeness (QED) is 0.521. The average Bonchev–Trinajstić information content (AvgIpc) is 3.23. The minimum atomic E-state index is 0.0377. The standard InChI is InChI=1S/C27H25N5O/c1-18-3-10-23(11-4-18)32-25-12-9-22(27(33)31-14-13-29-17-19(31)2)15-24(25)30-26(32)21-7-5-20(16-28)6-8-21/h3-12,15,19,29H,13-14,17H2,1-2H3/t19-/m1/s1. The second-order valence-corrected chi connectivity index (χ2v) is 8.55. The summed E-state index contributed by atoms with van der Waals surface area (Å²) in [5.41, 5.74) is 6.05. The van der Waals surface area contributed by atoms with Gasteiger partial charge >= 0.3 is 0 Å². The third-order valence-electron chi connectivity index (χ3n) is 6.23. The van der Waals surface area contributed by atoms with Gasteiger partial charge in [-0.25, -0.2) is 4.98 Å². The Bertz CT molecular complexity index is 1360. The van der Waals surface area contributed by atoms with Crippen molar-refractivity contribution in [1.29, 1.82) is 5.26 Å². The molecule has 0 bridgehead atoms. The van der Waals surface area contributed by atoms with Crippen molar-refractivity contribution in [1.82, 2.24) is 19.8 Å². The fraction of sp³-hybridized carbons (Fsp3) is 0.222. The fourth-order valence-electron chi connectivity index (χ4n) is 4.36. The number of aryl methyl sites for hydroxylation is 1. The fourth-order valence-corrected chi connectivity index (χ4v) is 4.36. The van der Waals surface area contributed by atoms with Crippen LogP contribution in [-0.4, -0.2) is 46.0 Å². The average molecular weight is 436 g/mol. The van der Waals surface area contributed by atoms with Crippen LogP contribution in [0.3, 0.4) is 0 Å². The first-order valence-electron chi connectivity index (χ1n) is 11.2. The van der Waals surface area contributed by atoms with Crippen molar-refractivity contribution in [2.24, 2.45) is 0 Å². The van der Waals surface area contributed by atoms with Crippen molar-refractivity contribution >= 4 is 16.9 Å². The maximum Gasteiger partial charge on any atom is 0.254 e. The van der Waals surface area contributed by atoms with Crippen LogP contribution in [0.25, 0.3) is 28.1 Å². The van der Waals surface area contributed by atoms with E-state index < -0.39 is 0 Å². The van der Waals surface area contributed by atoms with Crippen LogP contribution < -0.4 is 5.32 Å². The Hall–Kier alpha value is -3.95. The normalized spacial score (nSPS) is 16.0. The van der Waals surface area contributed by atoms with Gasteiger partial charge in [0.1, 0.15) is 5.82 Å². The minimum absolute atomic E-state index is 0.0377. The Morgan fingerprint density at radius 3 is 2.55 bits per heavy atom. The number of hydrogen-bond donors (Lipinski definition) is 1. The molecule has 1 atom stereocenters. The molecule has 5 rings (SSSR count). The van der Waals surface area contributed by atoms with Crippen LogP contribution in [0.5, 0.6) is 0 Å². The first-order valence-corrected chi connectivity index (χ1v) is 11.2. The first-order chi connectivity index (χ1) is 16.0. The second-order valence-electron chi connectivity index (χ2n) is 8.55. The Balaban J connectivity index is 1.64. The number of nitrogens with zero attached hydrogens (tertiary/aromatic N) is 4. The highest BCUT2D eigenvalue weighted by atomic mass is 16.2. The molecule has 0 radical (unpaired) electrons. The number of nitrogens with one attached hydrogen (secondary N) is 1. The zero-order chi connectivity index (χ0) is 22.9. The molecule has 3 aromatic carbocycles. The molecule has 4 aromatic rings. The molecule has 0 saturated carbocycles. The Morgan fingerprint density at radius 1 is 1.09 bits per heavy atom. The summed E-state index contributed by atoms with van der Waals surface area (Å²) in [6.07, 6.45) is 0. The van der Waals surface area contributed by atoms with Gasteiger partial charge < -0.3 is 10.2 Å². The molecule has 0 spiro atoms. The van der Waals surface area contributed by atoms with Gasteiger partial charge in [-0.3, -0.25) is 9.36 Å². The highest BCUT2D eigenvalue weighted by molar-refractivity contribution is 5.98. The zero-order valence-corrected chi connectivity index (χ0v) is 18.7. The smallest absolute Gasteiger partial charge is 0.254 e. The van der Waals surface area contributed by atoms with E-state index in [0.717, 1.165) is 41.2 Å². The van der Waals surface area contributed by atoms with Crippen LogP contribution in [0.4, 0.5) is 0 Å². The second kappa shape index (κ2) is 8.53. The summed E-state index contributed by atoms with van der Waals surface area (Å²) in [5, 5.41) is 12.5. The number of carbonyl (C=O) groups excluding carboxylic acids is 1. The molecule has 0 aliphatic carbocycles. The van der Waals surface area contributed by atoms with E-state index in [1.54, 1.807) is 12.1 Å². The van der Waals surface area contributed by atoms with Crippen LogP contribution >= 0.6 is 0 Å². The summed E-state index contributed by atoms with van der Waals surface area (Å²) in [7, 11) is 0. The molecule has 6 heteroatoms. The van der Waals surface area contributed by atoms with Crippen molar-refractivity contribution in [2.45, 2.75) is 19.9 Å². The number of rotatable bonds is 3. The summed E-state index contributed by atoms with van der Waals surface area (Å²) in [4.78, 5) is 20.1. The van der Waals surface area contributed by atoms with E-state index in [1.165, 1.54) is 5.56 Å². The van der Waals surface area contributed by atoms with E-state index in [4.69, 9.17) is 10.2 Å². The van der Waals surface area contributed by atoms with E-state index >= 15 is 0 Å². The van der Waals surface area contributed by atoms with Crippen molar-refractivity contribution in [2.75, 3.05) is 19.6 Å². The summed E-state index contributed by atoms with van der Waals surface area (Å²) >= 11 is 0. The van der Waals surface area contributed by atoms with Gasteiger partial charge in [0.25, 0.3) is 5.91 Å². The van der Waals surface area contributed by atoms with Crippen molar-refractivity contribution < 1.29 is 4.79 Å². The minimum Gasteiger partial charge on any atom is -0.333 e. The lowest BCUT2D eigenvalue weighted by molar-refractivity contribution is 0.0656. The largest absolute Gasteiger partial charge is 0.333 e. The highest BCUT2D eigenvalue weighted by Crippen LogP contribution is 2.30. The van der Waals surface area contributed by atoms with Gasteiger partial charge in [-0.2, -0.15) is 5.26 Å². The van der Waals surface area contributed by atoms with Gasteiger partial charge in [-0.15, -0.1) is 0 Å². The monoisotopic (exact) mass is 435 g/mol. The molecule has 1 amide bonds. The lowest BCUT2D eigenvalue weighted by Gasteiger charge is -2.34. The number of hydrogen-bond acceptors (Lipinski definition) is 4. The molecule has 1 aromatic heterocycles. The van der Waals surface area contributed by atoms with E-state index in [2.05, 4.69) is 54.1 Å².